The maximum atomic E-state index is 13.3. The summed E-state index contributed by atoms with van der Waals surface area (Å²) >= 11 is 0. The molecule has 2 aliphatic heterocycles. The summed E-state index contributed by atoms with van der Waals surface area (Å²) in [5.41, 5.74) is 0.291. The van der Waals surface area contributed by atoms with Gasteiger partial charge in [-0.15, -0.1) is 0 Å². The maximum Gasteiger partial charge on any atom is 0.333 e. The molecule has 0 radical (unpaired) electrons. The molecule has 0 spiro atoms. The van der Waals surface area contributed by atoms with Gasteiger partial charge in [0.05, 0.1) is 17.6 Å². The molecule has 0 saturated heterocycles. The molecule has 0 bridgehead atoms. The first-order chi connectivity index (χ1) is 14.5. The molecule has 8 heteroatoms. The van der Waals surface area contributed by atoms with Gasteiger partial charge in [0.25, 0.3) is 5.56 Å². The highest BCUT2D eigenvalue weighted by molar-refractivity contribution is 5.84. The standard InChI is InChI=1S/C23H24N2O6/c1-10-11(2)30-19-12(18(10)26)7-8-14-16(19)15-13(9-29-14)23(3,4)31-21-17(15)20(27)24(5)22(28)25(21)6/h7-8,13,15H,9H2,1-6H3/t13-,15-/m0/s1. The fraction of sp³-hybridized carbons (Fsp3) is 0.435. The lowest BCUT2D eigenvalue weighted by atomic mass is 9.70. The second-order valence-electron chi connectivity index (χ2n) is 8.99. The van der Waals surface area contributed by atoms with Crippen LogP contribution in [-0.4, -0.2) is 21.3 Å². The van der Waals surface area contributed by atoms with Crippen molar-refractivity contribution in [3.8, 4) is 11.6 Å². The van der Waals surface area contributed by atoms with Crippen LogP contribution >= 0.6 is 0 Å². The van der Waals surface area contributed by atoms with Crippen molar-refractivity contribution >= 4 is 11.0 Å². The number of nitrogens with zero attached hydrogens (tertiary/aromatic N) is 2. The SMILES string of the molecule is Cc1oc2c3c(ccc2c(=O)c1C)OC[C@H]1[C@@H]3c2c(n(C)c(=O)n(C)c2=O)OC1(C)C. The van der Waals surface area contributed by atoms with Gasteiger partial charge in [-0.25, -0.2) is 4.79 Å². The minimum absolute atomic E-state index is 0.108. The van der Waals surface area contributed by atoms with E-state index in [0.29, 0.717) is 45.8 Å². The van der Waals surface area contributed by atoms with Crippen LogP contribution in [-0.2, 0) is 14.1 Å². The summed E-state index contributed by atoms with van der Waals surface area (Å²) in [7, 11) is 3.05. The zero-order valence-corrected chi connectivity index (χ0v) is 18.4. The fourth-order valence-corrected chi connectivity index (χ4v) is 4.87. The Kier molecular flexibility index (Phi) is 3.88. The number of aromatic nitrogens is 2. The summed E-state index contributed by atoms with van der Waals surface area (Å²) in [5, 5.41) is 0.443. The number of hydrogen-bond acceptors (Lipinski definition) is 6. The lowest BCUT2D eigenvalue weighted by Gasteiger charge is -2.47. The Labute approximate surface area is 177 Å². The van der Waals surface area contributed by atoms with E-state index in [0.717, 1.165) is 4.57 Å². The van der Waals surface area contributed by atoms with Crippen LogP contribution in [0.5, 0.6) is 11.6 Å². The molecule has 162 valence electrons. The molecule has 2 aromatic heterocycles. The summed E-state index contributed by atoms with van der Waals surface area (Å²) < 4.78 is 20.9. The molecule has 0 N–H and O–H groups in total. The van der Waals surface area contributed by atoms with E-state index in [4.69, 9.17) is 13.9 Å². The first kappa shape index (κ1) is 19.7. The van der Waals surface area contributed by atoms with E-state index in [-0.39, 0.29) is 17.2 Å². The Morgan fingerprint density at radius 3 is 2.45 bits per heavy atom. The number of aryl methyl sites for hydroxylation is 1. The van der Waals surface area contributed by atoms with E-state index in [1.807, 2.05) is 13.8 Å². The summed E-state index contributed by atoms with van der Waals surface area (Å²) in [4.78, 5) is 38.9. The Balaban J connectivity index is 1.97. The molecule has 4 heterocycles. The average Bonchev–Trinajstić information content (AvgIpc) is 2.73. The molecular weight excluding hydrogens is 400 g/mol. The molecule has 8 nitrogen and oxygen atoms in total. The van der Waals surface area contributed by atoms with Crippen molar-refractivity contribution in [3.05, 3.63) is 65.6 Å². The molecular formula is C23H24N2O6. The van der Waals surface area contributed by atoms with Gasteiger partial charge in [-0.05, 0) is 39.8 Å². The van der Waals surface area contributed by atoms with Crippen LogP contribution in [0.1, 0.15) is 42.2 Å². The van der Waals surface area contributed by atoms with Gasteiger partial charge in [0.1, 0.15) is 22.7 Å². The predicted octanol–water partition coefficient (Wildman–Crippen LogP) is 2.12. The quantitative estimate of drug-likeness (QED) is 0.549. The van der Waals surface area contributed by atoms with Crippen LogP contribution < -0.4 is 26.2 Å². The summed E-state index contributed by atoms with van der Waals surface area (Å²) in [6, 6.07) is 3.46. The van der Waals surface area contributed by atoms with E-state index in [1.54, 1.807) is 33.0 Å². The molecule has 5 rings (SSSR count). The fourth-order valence-electron chi connectivity index (χ4n) is 4.87. The third-order valence-corrected chi connectivity index (χ3v) is 6.86. The van der Waals surface area contributed by atoms with E-state index in [9.17, 15) is 14.4 Å². The van der Waals surface area contributed by atoms with Gasteiger partial charge >= 0.3 is 5.69 Å². The molecule has 1 aromatic carbocycles. The molecule has 0 unspecified atom stereocenters. The third kappa shape index (κ3) is 2.44. The number of ether oxygens (including phenoxy) is 2. The van der Waals surface area contributed by atoms with Crippen LogP contribution in [0.15, 0.2) is 30.9 Å². The first-order valence-electron chi connectivity index (χ1n) is 10.2. The van der Waals surface area contributed by atoms with Gasteiger partial charge in [-0.2, -0.15) is 0 Å². The van der Waals surface area contributed by atoms with Crippen molar-refractivity contribution in [1.82, 2.24) is 9.13 Å². The number of rotatable bonds is 0. The largest absolute Gasteiger partial charge is 0.493 e. The molecule has 0 saturated carbocycles. The molecule has 0 amide bonds. The second-order valence-corrected chi connectivity index (χ2v) is 8.99. The first-order valence-corrected chi connectivity index (χ1v) is 10.2. The number of benzene rings is 1. The molecule has 3 aromatic rings. The maximum absolute atomic E-state index is 13.3. The van der Waals surface area contributed by atoms with E-state index in [1.165, 1.54) is 11.6 Å². The van der Waals surface area contributed by atoms with Gasteiger partial charge in [0, 0.05) is 37.1 Å². The van der Waals surface area contributed by atoms with Crippen molar-refractivity contribution in [3.63, 3.8) is 0 Å². The van der Waals surface area contributed by atoms with E-state index >= 15 is 0 Å². The van der Waals surface area contributed by atoms with Gasteiger partial charge in [-0.3, -0.25) is 18.7 Å². The smallest absolute Gasteiger partial charge is 0.333 e. The van der Waals surface area contributed by atoms with Crippen LogP contribution in [0.2, 0.25) is 0 Å². The second kappa shape index (κ2) is 6.12. The molecule has 0 fully saturated rings. The van der Waals surface area contributed by atoms with Crippen LogP contribution in [0.25, 0.3) is 11.0 Å². The highest BCUT2D eigenvalue weighted by Gasteiger charge is 2.51. The van der Waals surface area contributed by atoms with Crippen LogP contribution in [0.4, 0.5) is 0 Å². The number of fused-ring (bicyclic) bond motifs is 7. The van der Waals surface area contributed by atoms with Crippen molar-refractivity contribution in [2.24, 2.45) is 20.0 Å². The molecule has 2 atom stereocenters. The minimum Gasteiger partial charge on any atom is -0.493 e. The third-order valence-electron chi connectivity index (χ3n) is 6.86. The Morgan fingerprint density at radius 2 is 1.74 bits per heavy atom. The molecule has 31 heavy (non-hydrogen) atoms. The van der Waals surface area contributed by atoms with Crippen molar-refractivity contribution < 1.29 is 13.9 Å². The highest BCUT2D eigenvalue weighted by Crippen LogP contribution is 2.52. The topological polar surface area (TPSA) is 92.7 Å². The van der Waals surface area contributed by atoms with Crippen LogP contribution in [0.3, 0.4) is 0 Å². The summed E-state index contributed by atoms with van der Waals surface area (Å²) in [5.74, 6) is 0.653. The van der Waals surface area contributed by atoms with Gasteiger partial charge < -0.3 is 13.9 Å². The van der Waals surface area contributed by atoms with Gasteiger partial charge in [0.2, 0.25) is 5.88 Å². The number of hydrogen-bond donors (Lipinski definition) is 0. The zero-order chi connectivity index (χ0) is 22.4. The Morgan fingerprint density at radius 1 is 1.03 bits per heavy atom. The van der Waals surface area contributed by atoms with Crippen molar-refractivity contribution in [1.29, 1.82) is 0 Å². The summed E-state index contributed by atoms with van der Waals surface area (Å²) in [6.07, 6.45) is 0. The van der Waals surface area contributed by atoms with Gasteiger partial charge in [-0.1, -0.05) is 0 Å². The van der Waals surface area contributed by atoms with Crippen LogP contribution in [0, 0.1) is 19.8 Å². The minimum atomic E-state index is -0.728. The van der Waals surface area contributed by atoms with Crippen molar-refractivity contribution in [2.45, 2.75) is 39.2 Å². The Bertz CT molecular complexity index is 1460. The molecule has 0 aliphatic carbocycles. The lowest BCUT2D eigenvalue weighted by Crippen LogP contribution is -2.54. The lowest BCUT2D eigenvalue weighted by molar-refractivity contribution is -0.0218. The summed E-state index contributed by atoms with van der Waals surface area (Å²) in [6.45, 7) is 7.65. The normalized spacial score (nSPS) is 21.0. The van der Waals surface area contributed by atoms with E-state index < -0.39 is 22.8 Å². The van der Waals surface area contributed by atoms with E-state index in [2.05, 4.69) is 0 Å². The predicted molar refractivity (Wildman–Crippen MR) is 114 cm³/mol. The Hall–Kier alpha value is -3.29. The monoisotopic (exact) mass is 424 g/mol. The zero-order valence-electron chi connectivity index (χ0n) is 18.4. The van der Waals surface area contributed by atoms with Gasteiger partial charge in [0.15, 0.2) is 5.43 Å². The average molecular weight is 424 g/mol. The van der Waals surface area contributed by atoms with Crippen molar-refractivity contribution in [2.75, 3.05) is 6.61 Å². The highest BCUT2D eigenvalue weighted by atomic mass is 16.5. The molecule has 2 aliphatic rings.